The highest BCUT2D eigenvalue weighted by molar-refractivity contribution is 7.89. The molecule has 0 aliphatic carbocycles. The standard InChI is InChI=1S/C12H25NO4S/c1-2-3-4-5-6-7-8-10-13-18(16,17)11-9-12(14)15/h13H,2-11H2,1H3,(H,14,15). The van der Waals surface area contributed by atoms with E-state index in [2.05, 4.69) is 11.6 Å². The number of nitrogens with one attached hydrogen (secondary N) is 1. The average molecular weight is 279 g/mol. The van der Waals surface area contributed by atoms with Gasteiger partial charge in [-0.15, -0.1) is 0 Å². The second-order valence-electron chi connectivity index (χ2n) is 4.48. The Kier molecular flexibility index (Phi) is 9.96. The summed E-state index contributed by atoms with van der Waals surface area (Å²) in [6.45, 7) is 2.58. The molecular weight excluding hydrogens is 254 g/mol. The van der Waals surface area contributed by atoms with Gasteiger partial charge >= 0.3 is 5.97 Å². The quantitative estimate of drug-likeness (QED) is 0.536. The fourth-order valence-electron chi connectivity index (χ4n) is 1.60. The van der Waals surface area contributed by atoms with E-state index >= 15 is 0 Å². The highest BCUT2D eigenvalue weighted by Crippen LogP contribution is 2.06. The third kappa shape index (κ3) is 11.9. The summed E-state index contributed by atoms with van der Waals surface area (Å²) in [6, 6.07) is 0. The van der Waals surface area contributed by atoms with E-state index in [-0.39, 0.29) is 12.2 Å². The molecule has 0 aliphatic heterocycles. The Morgan fingerprint density at radius 1 is 1.06 bits per heavy atom. The average Bonchev–Trinajstić information content (AvgIpc) is 2.30. The molecule has 0 aromatic rings. The molecule has 0 aromatic carbocycles. The second-order valence-corrected chi connectivity index (χ2v) is 6.40. The molecule has 0 heterocycles. The number of carboxylic acids is 1. The Balaban J connectivity index is 3.44. The maximum Gasteiger partial charge on any atom is 0.304 e. The third-order valence-electron chi connectivity index (χ3n) is 2.69. The molecule has 0 saturated carbocycles. The fraction of sp³-hybridized carbons (Fsp3) is 0.917. The second kappa shape index (κ2) is 10.3. The zero-order valence-corrected chi connectivity index (χ0v) is 12.0. The highest BCUT2D eigenvalue weighted by Gasteiger charge is 2.11. The van der Waals surface area contributed by atoms with Crippen LogP contribution in [0.1, 0.15) is 58.3 Å². The van der Waals surface area contributed by atoms with Gasteiger partial charge in [-0.05, 0) is 6.42 Å². The molecule has 0 unspecified atom stereocenters. The first-order valence-corrected chi connectivity index (χ1v) is 8.32. The van der Waals surface area contributed by atoms with E-state index < -0.39 is 16.0 Å². The number of carbonyl (C=O) groups is 1. The van der Waals surface area contributed by atoms with Gasteiger partial charge in [0.2, 0.25) is 10.0 Å². The van der Waals surface area contributed by atoms with Crippen LogP contribution in [0.25, 0.3) is 0 Å². The summed E-state index contributed by atoms with van der Waals surface area (Å²) in [5.41, 5.74) is 0. The van der Waals surface area contributed by atoms with Crippen LogP contribution in [-0.2, 0) is 14.8 Å². The van der Waals surface area contributed by atoms with Crippen LogP contribution in [0.2, 0.25) is 0 Å². The van der Waals surface area contributed by atoms with Gasteiger partial charge in [-0.2, -0.15) is 0 Å². The largest absolute Gasteiger partial charge is 0.481 e. The lowest BCUT2D eigenvalue weighted by atomic mass is 10.1. The van der Waals surface area contributed by atoms with Gasteiger partial charge in [-0.1, -0.05) is 45.4 Å². The molecule has 0 saturated heterocycles. The van der Waals surface area contributed by atoms with E-state index in [1.165, 1.54) is 25.7 Å². The van der Waals surface area contributed by atoms with Crippen molar-refractivity contribution >= 4 is 16.0 Å². The Hall–Kier alpha value is -0.620. The number of unbranched alkanes of at least 4 members (excludes halogenated alkanes) is 6. The predicted molar refractivity (Wildman–Crippen MR) is 72.0 cm³/mol. The van der Waals surface area contributed by atoms with E-state index in [1.54, 1.807) is 0 Å². The van der Waals surface area contributed by atoms with Gasteiger partial charge in [0.05, 0.1) is 12.2 Å². The van der Waals surface area contributed by atoms with Crippen LogP contribution in [0.5, 0.6) is 0 Å². The molecule has 0 fully saturated rings. The molecule has 0 atom stereocenters. The first-order chi connectivity index (χ1) is 8.48. The van der Waals surface area contributed by atoms with E-state index in [0.717, 1.165) is 19.3 Å². The van der Waals surface area contributed by atoms with Crippen LogP contribution in [0.4, 0.5) is 0 Å². The molecule has 18 heavy (non-hydrogen) atoms. The Morgan fingerprint density at radius 2 is 1.61 bits per heavy atom. The van der Waals surface area contributed by atoms with Crippen LogP contribution in [0.15, 0.2) is 0 Å². The van der Waals surface area contributed by atoms with Crippen molar-refractivity contribution in [1.82, 2.24) is 4.72 Å². The molecule has 0 radical (unpaired) electrons. The van der Waals surface area contributed by atoms with Gasteiger partial charge in [0.1, 0.15) is 0 Å². The summed E-state index contributed by atoms with van der Waals surface area (Å²) in [5, 5.41) is 8.40. The molecule has 2 N–H and O–H groups in total. The van der Waals surface area contributed by atoms with Crippen molar-refractivity contribution in [1.29, 1.82) is 0 Å². The number of hydrogen-bond acceptors (Lipinski definition) is 3. The van der Waals surface area contributed by atoms with Gasteiger partial charge in [-0.3, -0.25) is 4.79 Å². The lowest BCUT2D eigenvalue weighted by molar-refractivity contribution is -0.136. The van der Waals surface area contributed by atoms with Crippen molar-refractivity contribution < 1.29 is 18.3 Å². The Bertz CT molecular complexity index is 314. The molecule has 5 nitrogen and oxygen atoms in total. The summed E-state index contributed by atoms with van der Waals surface area (Å²) in [5.74, 6) is -1.42. The SMILES string of the molecule is CCCCCCCCCNS(=O)(=O)CCC(=O)O. The predicted octanol–water partition coefficient (Wildman–Crippen LogP) is 2.13. The summed E-state index contributed by atoms with van der Waals surface area (Å²) in [4.78, 5) is 10.3. The third-order valence-corrected chi connectivity index (χ3v) is 4.07. The molecule has 0 rings (SSSR count). The number of sulfonamides is 1. The van der Waals surface area contributed by atoms with Gasteiger partial charge in [0.15, 0.2) is 0 Å². The van der Waals surface area contributed by atoms with Gasteiger partial charge < -0.3 is 5.11 Å². The fourth-order valence-corrected chi connectivity index (χ4v) is 2.65. The number of aliphatic carboxylic acids is 1. The zero-order valence-electron chi connectivity index (χ0n) is 11.2. The molecular formula is C12H25NO4S. The molecule has 0 bridgehead atoms. The van der Waals surface area contributed by atoms with Crippen molar-refractivity contribution in [3.8, 4) is 0 Å². The summed E-state index contributed by atoms with van der Waals surface area (Å²) in [7, 11) is -3.41. The summed E-state index contributed by atoms with van der Waals surface area (Å²) >= 11 is 0. The summed E-state index contributed by atoms with van der Waals surface area (Å²) < 4.78 is 25.1. The zero-order chi connectivity index (χ0) is 13.9. The van der Waals surface area contributed by atoms with Crippen LogP contribution in [-0.4, -0.2) is 31.8 Å². The van der Waals surface area contributed by atoms with Gasteiger partial charge in [-0.25, -0.2) is 13.1 Å². The van der Waals surface area contributed by atoms with Crippen LogP contribution >= 0.6 is 0 Å². The maximum absolute atomic E-state index is 11.3. The Labute approximate surface area is 110 Å². The highest BCUT2D eigenvalue weighted by atomic mass is 32.2. The van der Waals surface area contributed by atoms with Crippen LogP contribution < -0.4 is 4.72 Å². The Morgan fingerprint density at radius 3 is 2.17 bits per heavy atom. The number of rotatable bonds is 12. The molecule has 0 spiro atoms. The van der Waals surface area contributed by atoms with Crippen molar-refractivity contribution in [3.63, 3.8) is 0 Å². The topological polar surface area (TPSA) is 83.5 Å². The van der Waals surface area contributed by atoms with Crippen LogP contribution in [0, 0.1) is 0 Å². The van der Waals surface area contributed by atoms with Crippen molar-refractivity contribution in [3.05, 3.63) is 0 Å². The molecule has 6 heteroatoms. The molecule has 0 aromatic heterocycles. The maximum atomic E-state index is 11.3. The van der Waals surface area contributed by atoms with Crippen molar-refractivity contribution in [2.45, 2.75) is 58.3 Å². The van der Waals surface area contributed by atoms with Gasteiger partial charge in [0.25, 0.3) is 0 Å². The normalized spacial score (nSPS) is 11.6. The minimum atomic E-state index is -3.41. The number of hydrogen-bond donors (Lipinski definition) is 2. The first kappa shape index (κ1) is 17.4. The first-order valence-electron chi connectivity index (χ1n) is 6.67. The smallest absolute Gasteiger partial charge is 0.304 e. The lowest BCUT2D eigenvalue weighted by Gasteiger charge is -2.05. The van der Waals surface area contributed by atoms with Gasteiger partial charge in [0, 0.05) is 6.54 Å². The van der Waals surface area contributed by atoms with Crippen molar-refractivity contribution in [2.75, 3.05) is 12.3 Å². The van der Waals surface area contributed by atoms with E-state index in [0.29, 0.717) is 6.54 Å². The lowest BCUT2D eigenvalue weighted by Crippen LogP contribution is -2.28. The minimum Gasteiger partial charge on any atom is -0.481 e. The van der Waals surface area contributed by atoms with E-state index in [9.17, 15) is 13.2 Å². The number of carboxylic acid groups (broad SMARTS) is 1. The van der Waals surface area contributed by atoms with E-state index in [1.807, 2.05) is 0 Å². The van der Waals surface area contributed by atoms with Crippen molar-refractivity contribution in [2.24, 2.45) is 0 Å². The van der Waals surface area contributed by atoms with Crippen LogP contribution in [0.3, 0.4) is 0 Å². The molecule has 0 aliphatic rings. The summed E-state index contributed by atoms with van der Waals surface area (Å²) in [6.07, 6.45) is 7.58. The van der Waals surface area contributed by atoms with E-state index in [4.69, 9.17) is 5.11 Å². The molecule has 108 valence electrons. The molecule has 0 amide bonds. The minimum absolute atomic E-state index is 0.334. The monoisotopic (exact) mass is 279 g/mol.